The summed E-state index contributed by atoms with van der Waals surface area (Å²) in [5, 5.41) is 9.72. The van der Waals surface area contributed by atoms with E-state index in [0.717, 1.165) is 44.0 Å². The van der Waals surface area contributed by atoms with E-state index >= 15 is 0 Å². The van der Waals surface area contributed by atoms with Crippen LogP contribution < -0.4 is 0 Å². The summed E-state index contributed by atoms with van der Waals surface area (Å²) in [7, 11) is 0. The number of aliphatic hydroxyl groups is 1. The average molecular weight is 214 g/mol. The van der Waals surface area contributed by atoms with E-state index in [1.807, 2.05) is 0 Å². The first-order valence-electron chi connectivity index (χ1n) is 4.93. The third-order valence-corrected chi connectivity index (χ3v) is 3.00. The second-order valence-corrected chi connectivity index (χ2v) is 4.12. The Hall–Kier alpha value is -0.520. The van der Waals surface area contributed by atoms with Crippen LogP contribution in [0.1, 0.15) is 37.5 Å². The van der Waals surface area contributed by atoms with Gasteiger partial charge in [-0.3, -0.25) is 0 Å². The highest BCUT2D eigenvalue weighted by atomic mass is 32.1. The van der Waals surface area contributed by atoms with E-state index in [-0.39, 0.29) is 0 Å². The minimum atomic E-state index is -0.474. The van der Waals surface area contributed by atoms with Crippen LogP contribution in [0.25, 0.3) is 0 Å². The zero-order valence-electron chi connectivity index (χ0n) is 7.93. The van der Waals surface area contributed by atoms with Gasteiger partial charge in [-0.25, -0.2) is 0 Å². The lowest BCUT2D eigenvalue weighted by Crippen LogP contribution is -2.08. The highest BCUT2D eigenvalue weighted by Gasteiger charge is 2.18. The largest absolute Gasteiger partial charge is 0.387 e. The van der Waals surface area contributed by atoms with Gasteiger partial charge in [0, 0.05) is 6.61 Å². The predicted octanol–water partition coefficient (Wildman–Crippen LogP) is 1.53. The highest BCUT2D eigenvalue weighted by Crippen LogP contribution is 2.22. The first kappa shape index (κ1) is 10.0. The number of aromatic nitrogens is 2. The van der Waals surface area contributed by atoms with Crippen LogP contribution in [0.3, 0.4) is 0 Å². The summed E-state index contributed by atoms with van der Waals surface area (Å²) >= 11 is 1.13. The molecule has 0 amide bonds. The van der Waals surface area contributed by atoms with E-state index in [4.69, 9.17) is 4.74 Å². The van der Waals surface area contributed by atoms with Gasteiger partial charge in [0.1, 0.15) is 5.69 Å². The van der Waals surface area contributed by atoms with E-state index in [9.17, 15) is 5.11 Å². The van der Waals surface area contributed by atoms with Gasteiger partial charge >= 0.3 is 0 Å². The molecule has 4 nitrogen and oxygen atoms in total. The number of nitrogens with zero attached hydrogens (tertiary/aromatic N) is 2. The summed E-state index contributed by atoms with van der Waals surface area (Å²) < 4.78 is 13.3. The summed E-state index contributed by atoms with van der Waals surface area (Å²) in [5.74, 6) is 0. The fraction of sp³-hybridized carbons (Fsp3) is 0.778. The number of rotatable bonds is 4. The fourth-order valence-electron chi connectivity index (χ4n) is 1.68. The van der Waals surface area contributed by atoms with Gasteiger partial charge < -0.3 is 9.84 Å². The van der Waals surface area contributed by atoms with Gasteiger partial charge in [0.25, 0.3) is 0 Å². The van der Waals surface area contributed by atoms with Crippen LogP contribution in [-0.4, -0.2) is 26.6 Å². The third kappa shape index (κ3) is 2.50. The summed E-state index contributed by atoms with van der Waals surface area (Å²) in [6.07, 6.45) is 5.41. The molecule has 78 valence electrons. The van der Waals surface area contributed by atoms with Crippen molar-refractivity contribution in [3.05, 3.63) is 11.9 Å². The van der Waals surface area contributed by atoms with Gasteiger partial charge in [0.05, 0.1) is 30.1 Å². The Kier molecular flexibility index (Phi) is 3.44. The molecule has 0 radical (unpaired) electrons. The molecule has 1 saturated heterocycles. The molecule has 0 aliphatic carbocycles. The number of ether oxygens (including phenoxy) is 1. The lowest BCUT2D eigenvalue weighted by molar-refractivity contribution is 0.0804. The molecular formula is C9H14N2O2S. The van der Waals surface area contributed by atoms with Gasteiger partial charge in [0.2, 0.25) is 0 Å². The number of hydrogen-bond acceptors (Lipinski definition) is 5. The molecule has 2 rings (SSSR count). The lowest BCUT2D eigenvalue weighted by atomic mass is 10.1. The zero-order chi connectivity index (χ0) is 9.80. The van der Waals surface area contributed by atoms with Gasteiger partial charge in [0.15, 0.2) is 0 Å². The van der Waals surface area contributed by atoms with Crippen LogP contribution in [0.5, 0.6) is 0 Å². The molecule has 0 spiro atoms. The molecule has 2 heterocycles. The van der Waals surface area contributed by atoms with Crippen LogP contribution in [0.2, 0.25) is 0 Å². The smallest absolute Gasteiger partial charge is 0.103 e. The van der Waals surface area contributed by atoms with Crippen LogP contribution in [-0.2, 0) is 4.74 Å². The van der Waals surface area contributed by atoms with Crippen molar-refractivity contribution in [2.75, 3.05) is 6.61 Å². The first-order valence-corrected chi connectivity index (χ1v) is 5.66. The monoisotopic (exact) mass is 214 g/mol. The molecule has 14 heavy (non-hydrogen) atoms. The molecule has 5 heteroatoms. The Morgan fingerprint density at radius 2 is 2.64 bits per heavy atom. The van der Waals surface area contributed by atoms with E-state index in [0.29, 0.717) is 11.8 Å². The Morgan fingerprint density at radius 3 is 3.29 bits per heavy atom. The summed E-state index contributed by atoms with van der Waals surface area (Å²) in [4.78, 5) is 0. The predicted molar refractivity (Wildman–Crippen MR) is 53.1 cm³/mol. The minimum absolute atomic E-state index is 0.344. The number of aliphatic hydroxyl groups excluding tert-OH is 1. The second kappa shape index (κ2) is 4.82. The minimum Gasteiger partial charge on any atom is -0.387 e. The SMILES string of the molecule is OC(CCC1CCCO1)c1cnsn1. The molecule has 1 fully saturated rings. The van der Waals surface area contributed by atoms with Crippen molar-refractivity contribution in [2.24, 2.45) is 0 Å². The molecule has 1 aromatic heterocycles. The van der Waals surface area contributed by atoms with Crippen LogP contribution >= 0.6 is 11.7 Å². The van der Waals surface area contributed by atoms with Crippen molar-refractivity contribution in [3.8, 4) is 0 Å². The van der Waals surface area contributed by atoms with Gasteiger partial charge in [-0.05, 0) is 25.7 Å². The lowest BCUT2D eigenvalue weighted by Gasteiger charge is -2.11. The van der Waals surface area contributed by atoms with Crippen LogP contribution in [0, 0.1) is 0 Å². The quantitative estimate of drug-likeness (QED) is 0.825. The van der Waals surface area contributed by atoms with Crippen molar-refractivity contribution >= 4 is 11.7 Å². The molecule has 2 unspecified atom stereocenters. The van der Waals surface area contributed by atoms with Gasteiger partial charge in [-0.1, -0.05) is 0 Å². The van der Waals surface area contributed by atoms with Crippen LogP contribution in [0.4, 0.5) is 0 Å². The van der Waals surface area contributed by atoms with E-state index < -0.39 is 6.10 Å². The maximum atomic E-state index is 9.72. The molecular weight excluding hydrogens is 200 g/mol. The maximum Gasteiger partial charge on any atom is 0.103 e. The van der Waals surface area contributed by atoms with Crippen molar-refractivity contribution in [2.45, 2.75) is 37.9 Å². The fourth-order valence-corrected chi connectivity index (χ4v) is 2.15. The standard InChI is InChI=1S/C9H14N2O2S/c12-9(8-6-10-14-11-8)4-3-7-2-1-5-13-7/h6-7,9,12H,1-5H2. The Bertz CT molecular complexity index is 260. The van der Waals surface area contributed by atoms with E-state index in [1.54, 1.807) is 6.20 Å². The Labute approximate surface area is 87.2 Å². The summed E-state index contributed by atoms with van der Waals surface area (Å²) in [6.45, 7) is 0.874. The molecule has 2 atom stereocenters. The van der Waals surface area contributed by atoms with Crippen molar-refractivity contribution in [1.29, 1.82) is 0 Å². The third-order valence-electron chi connectivity index (χ3n) is 2.51. The molecule has 0 bridgehead atoms. The first-order chi connectivity index (χ1) is 6.86. The van der Waals surface area contributed by atoms with Gasteiger partial charge in [-0.15, -0.1) is 0 Å². The second-order valence-electron chi connectivity index (χ2n) is 3.56. The number of hydrogen-bond donors (Lipinski definition) is 1. The van der Waals surface area contributed by atoms with Crippen molar-refractivity contribution in [1.82, 2.24) is 8.75 Å². The summed E-state index contributed by atoms with van der Waals surface area (Å²) in [6, 6.07) is 0. The maximum absolute atomic E-state index is 9.72. The van der Waals surface area contributed by atoms with Crippen molar-refractivity contribution < 1.29 is 9.84 Å². The zero-order valence-corrected chi connectivity index (χ0v) is 8.74. The molecule has 1 N–H and O–H groups in total. The topological polar surface area (TPSA) is 55.2 Å². The molecule has 0 aromatic carbocycles. The highest BCUT2D eigenvalue weighted by molar-refractivity contribution is 6.99. The normalized spacial score (nSPS) is 23.9. The van der Waals surface area contributed by atoms with E-state index in [2.05, 4.69) is 8.75 Å². The molecule has 1 aliphatic rings. The van der Waals surface area contributed by atoms with Crippen LogP contribution in [0.15, 0.2) is 6.20 Å². The molecule has 1 aromatic rings. The summed E-state index contributed by atoms with van der Waals surface area (Å²) in [5.41, 5.74) is 0.688. The van der Waals surface area contributed by atoms with E-state index in [1.165, 1.54) is 0 Å². The van der Waals surface area contributed by atoms with Gasteiger partial charge in [-0.2, -0.15) is 8.75 Å². The molecule has 1 aliphatic heterocycles. The van der Waals surface area contributed by atoms with Crippen molar-refractivity contribution in [3.63, 3.8) is 0 Å². The average Bonchev–Trinajstić information content (AvgIpc) is 2.87. The Morgan fingerprint density at radius 1 is 1.71 bits per heavy atom. The Balaban J connectivity index is 1.74. The molecule has 0 saturated carbocycles.